The summed E-state index contributed by atoms with van der Waals surface area (Å²) < 4.78 is 0. The zero-order valence-corrected chi connectivity index (χ0v) is 20.1. The van der Waals surface area contributed by atoms with Gasteiger partial charge in [-0.25, -0.2) is 4.99 Å². The highest BCUT2D eigenvalue weighted by molar-refractivity contribution is 5.85. The Morgan fingerprint density at radius 3 is 2.48 bits per heavy atom. The van der Waals surface area contributed by atoms with Crippen molar-refractivity contribution in [2.24, 2.45) is 4.99 Å². The van der Waals surface area contributed by atoms with E-state index in [9.17, 15) is 4.79 Å². The van der Waals surface area contributed by atoms with E-state index in [1.807, 2.05) is 27.7 Å². The quantitative estimate of drug-likeness (QED) is 0.319. The predicted octanol–water partition coefficient (Wildman–Crippen LogP) is 2.37. The molecule has 0 spiro atoms. The third-order valence-electron chi connectivity index (χ3n) is 5.17. The summed E-state index contributed by atoms with van der Waals surface area (Å²) in [6, 6.07) is 8.79. The van der Waals surface area contributed by atoms with Gasteiger partial charge in [-0.15, -0.1) is 0 Å². The molecule has 1 heterocycles. The zero-order valence-electron chi connectivity index (χ0n) is 20.1. The van der Waals surface area contributed by atoms with Gasteiger partial charge in [0.15, 0.2) is 5.96 Å². The van der Waals surface area contributed by atoms with Gasteiger partial charge < -0.3 is 20.9 Å². The molecule has 1 aliphatic rings. The number of guanidine groups is 1. The Hall–Kier alpha value is -2.28. The van der Waals surface area contributed by atoms with Crippen molar-refractivity contribution in [3.63, 3.8) is 0 Å². The minimum atomic E-state index is -0.232. The number of amides is 1. The van der Waals surface area contributed by atoms with Crippen LogP contribution >= 0.6 is 0 Å². The number of hydrogen-bond donors (Lipinski definition) is 3. The first kappa shape index (κ1) is 25.0. The summed E-state index contributed by atoms with van der Waals surface area (Å²) in [7, 11) is 0. The summed E-state index contributed by atoms with van der Waals surface area (Å²) in [5, 5.41) is 9.49. The second-order valence-corrected chi connectivity index (χ2v) is 9.29. The lowest BCUT2D eigenvalue weighted by Crippen LogP contribution is -2.46. The molecule has 0 atom stereocenters. The maximum atomic E-state index is 12.0. The van der Waals surface area contributed by atoms with Crippen LogP contribution in [0.2, 0.25) is 0 Å². The highest BCUT2D eigenvalue weighted by atomic mass is 16.2. The molecule has 1 amide bonds. The molecule has 0 saturated carbocycles. The number of carbonyl (C=O) groups is 1. The minimum absolute atomic E-state index is 0.0606. The average Bonchev–Trinajstić information content (AvgIpc) is 2.71. The average molecular weight is 431 g/mol. The molecule has 0 radical (unpaired) electrons. The van der Waals surface area contributed by atoms with Gasteiger partial charge in [0.25, 0.3) is 0 Å². The van der Waals surface area contributed by atoms with Crippen LogP contribution < -0.4 is 20.9 Å². The number of benzene rings is 1. The van der Waals surface area contributed by atoms with Crippen molar-refractivity contribution < 1.29 is 4.79 Å². The predicted molar refractivity (Wildman–Crippen MR) is 131 cm³/mol. The first-order valence-corrected chi connectivity index (χ1v) is 11.6. The Morgan fingerprint density at radius 1 is 1.10 bits per heavy atom. The molecule has 0 aliphatic carbocycles. The van der Waals surface area contributed by atoms with E-state index in [1.54, 1.807) is 0 Å². The third kappa shape index (κ3) is 10.0. The monoisotopic (exact) mass is 430 g/mol. The Labute approximate surface area is 188 Å². The maximum Gasteiger partial charge on any atom is 0.242 e. The van der Waals surface area contributed by atoms with E-state index in [2.05, 4.69) is 61.9 Å². The molecule has 1 aromatic rings. The van der Waals surface area contributed by atoms with Gasteiger partial charge in [0.1, 0.15) is 6.54 Å². The van der Waals surface area contributed by atoms with Gasteiger partial charge in [0.05, 0.1) is 0 Å². The molecular formula is C24H42N6O. The van der Waals surface area contributed by atoms with Crippen LogP contribution in [-0.2, 0) is 4.79 Å². The van der Waals surface area contributed by atoms with Crippen molar-refractivity contribution >= 4 is 17.6 Å². The molecule has 3 N–H and O–H groups in total. The van der Waals surface area contributed by atoms with Crippen molar-refractivity contribution in [3.8, 4) is 0 Å². The normalized spacial score (nSPS) is 15.6. The van der Waals surface area contributed by atoms with Gasteiger partial charge in [-0.1, -0.05) is 12.1 Å². The number of nitrogens with one attached hydrogen (secondary N) is 3. The van der Waals surface area contributed by atoms with Gasteiger partial charge in [-0.2, -0.15) is 0 Å². The molecule has 1 fully saturated rings. The molecular weight excluding hydrogens is 388 g/mol. The number of aliphatic imine (C=N–C) groups is 1. The number of rotatable bonds is 9. The third-order valence-corrected chi connectivity index (χ3v) is 5.17. The van der Waals surface area contributed by atoms with Crippen LogP contribution in [0.4, 0.5) is 5.69 Å². The van der Waals surface area contributed by atoms with Crippen LogP contribution in [0.1, 0.15) is 46.1 Å². The lowest BCUT2D eigenvalue weighted by Gasteiger charge is -2.36. The standard InChI is InChI=1S/C24H42N6O/c1-6-25-23(27-19-22(31)28-24(3,4)5)26-12-7-8-13-29-14-16-30(17-15-29)21-11-9-10-20(2)18-21/h9-11,18H,6-8,12-17,19H2,1-5H3,(H,28,31)(H2,25,26,27). The van der Waals surface area contributed by atoms with E-state index < -0.39 is 0 Å². The Kier molecular flexibility index (Phi) is 10.1. The van der Waals surface area contributed by atoms with E-state index >= 15 is 0 Å². The van der Waals surface area contributed by atoms with E-state index in [1.165, 1.54) is 11.3 Å². The van der Waals surface area contributed by atoms with Gasteiger partial charge in [0.2, 0.25) is 5.91 Å². The molecule has 174 valence electrons. The van der Waals surface area contributed by atoms with E-state index in [0.29, 0.717) is 5.96 Å². The topological polar surface area (TPSA) is 72.0 Å². The van der Waals surface area contributed by atoms with Gasteiger partial charge in [-0.3, -0.25) is 9.69 Å². The number of unbranched alkanes of at least 4 members (excludes halogenated alkanes) is 1. The summed E-state index contributed by atoms with van der Waals surface area (Å²) in [6.07, 6.45) is 2.23. The molecule has 1 aromatic carbocycles. The Bertz CT molecular complexity index is 704. The van der Waals surface area contributed by atoms with E-state index in [0.717, 1.165) is 58.7 Å². The van der Waals surface area contributed by atoms with Crippen molar-refractivity contribution in [1.82, 2.24) is 20.9 Å². The summed E-state index contributed by atoms with van der Waals surface area (Å²) in [6.45, 7) is 17.4. The molecule has 0 aromatic heterocycles. The second-order valence-electron chi connectivity index (χ2n) is 9.29. The first-order valence-electron chi connectivity index (χ1n) is 11.6. The summed E-state index contributed by atoms with van der Waals surface area (Å²) in [4.78, 5) is 21.4. The maximum absolute atomic E-state index is 12.0. The van der Waals surface area contributed by atoms with E-state index in [-0.39, 0.29) is 18.0 Å². The van der Waals surface area contributed by atoms with Crippen molar-refractivity contribution in [3.05, 3.63) is 29.8 Å². The van der Waals surface area contributed by atoms with Gasteiger partial charge >= 0.3 is 0 Å². The van der Waals surface area contributed by atoms with Crippen LogP contribution in [0, 0.1) is 6.92 Å². The van der Waals surface area contributed by atoms with Crippen molar-refractivity contribution in [2.45, 2.75) is 53.0 Å². The SMILES string of the molecule is CCNC(=NCC(=O)NC(C)(C)C)NCCCCN1CCN(c2cccc(C)c2)CC1. The zero-order chi connectivity index (χ0) is 22.7. The Morgan fingerprint density at radius 2 is 1.84 bits per heavy atom. The van der Waals surface area contributed by atoms with Crippen LogP contribution in [0.5, 0.6) is 0 Å². The number of aryl methyl sites for hydroxylation is 1. The lowest BCUT2D eigenvalue weighted by atomic mass is 10.1. The molecule has 1 aliphatic heterocycles. The molecule has 31 heavy (non-hydrogen) atoms. The number of anilines is 1. The summed E-state index contributed by atoms with van der Waals surface area (Å²) in [5.74, 6) is 0.646. The van der Waals surface area contributed by atoms with E-state index in [4.69, 9.17) is 0 Å². The summed E-state index contributed by atoms with van der Waals surface area (Å²) >= 11 is 0. The van der Waals surface area contributed by atoms with Crippen LogP contribution in [-0.4, -0.2) is 74.7 Å². The number of nitrogens with zero attached hydrogens (tertiary/aromatic N) is 3. The molecule has 0 unspecified atom stereocenters. The highest BCUT2D eigenvalue weighted by Gasteiger charge is 2.17. The van der Waals surface area contributed by atoms with Crippen LogP contribution in [0.3, 0.4) is 0 Å². The Balaban J connectivity index is 1.63. The molecule has 0 bridgehead atoms. The van der Waals surface area contributed by atoms with Gasteiger partial charge in [0, 0.05) is 50.5 Å². The number of hydrogen-bond acceptors (Lipinski definition) is 4. The molecule has 7 nitrogen and oxygen atoms in total. The smallest absolute Gasteiger partial charge is 0.242 e. The fourth-order valence-corrected chi connectivity index (χ4v) is 3.67. The van der Waals surface area contributed by atoms with Gasteiger partial charge in [-0.05, 0) is 71.7 Å². The fourth-order valence-electron chi connectivity index (χ4n) is 3.67. The van der Waals surface area contributed by atoms with Crippen molar-refractivity contribution in [1.29, 1.82) is 0 Å². The van der Waals surface area contributed by atoms with Crippen molar-refractivity contribution in [2.75, 3.05) is 57.3 Å². The number of carbonyl (C=O) groups excluding carboxylic acids is 1. The minimum Gasteiger partial charge on any atom is -0.369 e. The highest BCUT2D eigenvalue weighted by Crippen LogP contribution is 2.17. The fraction of sp³-hybridized carbons (Fsp3) is 0.667. The van der Waals surface area contributed by atoms with Crippen LogP contribution in [0.15, 0.2) is 29.3 Å². The lowest BCUT2D eigenvalue weighted by molar-refractivity contribution is -0.121. The van der Waals surface area contributed by atoms with Crippen LogP contribution in [0.25, 0.3) is 0 Å². The summed E-state index contributed by atoms with van der Waals surface area (Å²) in [5.41, 5.74) is 2.43. The molecule has 1 saturated heterocycles. The molecule has 2 rings (SSSR count). The molecule has 7 heteroatoms. The number of piperazine rings is 1. The largest absolute Gasteiger partial charge is 0.369 e. The first-order chi connectivity index (χ1) is 14.8. The second kappa shape index (κ2) is 12.5.